The van der Waals surface area contributed by atoms with Gasteiger partial charge in [-0.15, -0.1) is 0 Å². The van der Waals surface area contributed by atoms with E-state index in [0.717, 1.165) is 18.4 Å². The Labute approximate surface area is 181 Å². The van der Waals surface area contributed by atoms with Crippen LogP contribution in [0, 0.1) is 11.3 Å². The van der Waals surface area contributed by atoms with Crippen LogP contribution >= 0.6 is 0 Å². The van der Waals surface area contributed by atoms with Crippen LogP contribution in [-0.2, 0) is 27.2 Å². The highest BCUT2D eigenvalue weighted by Gasteiger charge is 2.16. The van der Waals surface area contributed by atoms with Crippen LogP contribution in [0.1, 0.15) is 59.3 Å². The third-order valence-electron chi connectivity index (χ3n) is 5.23. The standard InChI is InChI=1S/C24H25N3O4/c1-16(19-7-6-17-4-2-3-5-20(17)14-19)26-23(29)15-31-24(30)18-8-10-21(11-9-18)27-22(28)12-13-25/h6-11,14,16H,2-5,12,15H2,1H3,(H,26,29)(H,27,28)/t16-/m0/s1. The summed E-state index contributed by atoms with van der Waals surface area (Å²) in [6, 6.07) is 13.9. The van der Waals surface area contributed by atoms with Crippen LogP contribution in [0.25, 0.3) is 0 Å². The molecule has 0 aromatic heterocycles. The van der Waals surface area contributed by atoms with E-state index in [1.807, 2.05) is 13.0 Å². The highest BCUT2D eigenvalue weighted by molar-refractivity contribution is 5.94. The van der Waals surface area contributed by atoms with E-state index in [9.17, 15) is 14.4 Å². The number of nitrogens with one attached hydrogen (secondary N) is 2. The normalized spacial score (nSPS) is 13.3. The molecule has 3 rings (SSSR count). The number of aryl methyl sites for hydroxylation is 2. The molecule has 0 saturated carbocycles. The van der Waals surface area contributed by atoms with Gasteiger partial charge in [0.15, 0.2) is 6.61 Å². The lowest BCUT2D eigenvalue weighted by Crippen LogP contribution is -2.31. The molecule has 0 aliphatic heterocycles. The molecule has 31 heavy (non-hydrogen) atoms. The SMILES string of the molecule is C[C@H](NC(=O)COC(=O)c1ccc(NC(=O)CC#N)cc1)c1ccc2c(c1)CCCC2. The largest absolute Gasteiger partial charge is 0.452 e. The third-order valence-corrected chi connectivity index (χ3v) is 5.23. The van der Waals surface area contributed by atoms with Gasteiger partial charge < -0.3 is 15.4 Å². The molecule has 2 aromatic carbocycles. The number of anilines is 1. The van der Waals surface area contributed by atoms with E-state index in [2.05, 4.69) is 22.8 Å². The summed E-state index contributed by atoms with van der Waals surface area (Å²) in [4.78, 5) is 35.8. The Morgan fingerprint density at radius 3 is 2.45 bits per heavy atom. The first-order chi connectivity index (χ1) is 15.0. The van der Waals surface area contributed by atoms with Crippen molar-refractivity contribution in [3.05, 3.63) is 64.7 Å². The van der Waals surface area contributed by atoms with E-state index in [4.69, 9.17) is 10.00 Å². The number of hydrogen-bond acceptors (Lipinski definition) is 5. The molecular formula is C24H25N3O4. The van der Waals surface area contributed by atoms with Crippen molar-refractivity contribution in [2.45, 2.75) is 45.1 Å². The smallest absolute Gasteiger partial charge is 0.338 e. The van der Waals surface area contributed by atoms with Gasteiger partial charge in [-0.25, -0.2) is 4.79 Å². The van der Waals surface area contributed by atoms with Gasteiger partial charge in [0.2, 0.25) is 5.91 Å². The zero-order valence-corrected chi connectivity index (χ0v) is 17.4. The number of carbonyl (C=O) groups is 3. The molecule has 160 valence electrons. The molecule has 1 atom stereocenters. The Bertz CT molecular complexity index is 1010. The summed E-state index contributed by atoms with van der Waals surface area (Å²) < 4.78 is 5.10. The van der Waals surface area contributed by atoms with Crippen molar-refractivity contribution in [3.63, 3.8) is 0 Å². The van der Waals surface area contributed by atoms with Gasteiger partial charge in [0, 0.05) is 5.69 Å². The summed E-state index contributed by atoms with van der Waals surface area (Å²) in [5, 5.41) is 13.9. The first kappa shape index (κ1) is 22.0. The Kier molecular flexibility index (Phi) is 7.39. The summed E-state index contributed by atoms with van der Waals surface area (Å²) >= 11 is 0. The number of carbonyl (C=O) groups excluding carboxylic acids is 3. The van der Waals surface area contributed by atoms with Gasteiger partial charge in [0.05, 0.1) is 17.7 Å². The maximum absolute atomic E-state index is 12.2. The molecule has 7 heteroatoms. The fraction of sp³-hybridized carbons (Fsp3) is 0.333. The van der Waals surface area contributed by atoms with E-state index < -0.39 is 11.9 Å². The molecule has 1 aliphatic rings. The first-order valence-electron chi connectivity index (χ1n) is 10.3. The Hall–Kier alpha value is -3.66. The molecule has 0 radical (unpaired) electrons. The molecule has 0 saturated heterocycles. The number of ether oxygens (including phenoxy) is 1. The number of fused-ring (bicyclic) bond motifs is 1. The van der Waals surface area contributed by atoms with E-state index in [0.29, 0.717) is 5.69 Å². The molecule has 7 nitrogen and oxygen atoms in total. The van der Waals surface area contributed by atoms with Gasteiger partial charge in [-0.1, -0.05) is 18.2 Å². The minimum Gasteiger partial charge on any atom is -0.452 e. The number of nitrogens with zero attached hydrogens (tertiary/aromatic N) is 1. The highest BCUT2D eigenvalue weighted by atomic mass is 16.5. The minimum absolute atomic E-state index is 0.185. The lowest BCUT2D eigenvalue weighted by atomic mass is 9.89. The Morgan fingerprint density at radius 1 is 1.03 bits per heavy atom. The molecular weight excluding hydrogens is 394 g/mol. The quantitative estimate of drug-likeness (QED) is 0.668. The van der Waals surface area contributed by atoms with Crippen molar-refractivity contribution >= 4 is 23.5 Å². The molecule has 0 fully saturated rings. The summed E-state index contributed by atoms with van der Waals surface area (Å²) in [6.45, 7) is 1.53. The Balaban J connectivity index is 1.48. The molecule has 0 spiro atoms. The van der Waals surface area contributed by atoms with Gasteiger partial charge in [0.25, 0.3) is 5.91 Å². The molecule has 1 aliphatic carbocycles. The van der Waals surface area contributed by atoms with Crippen molar-refractivity contribution < 1.29 is 19.1 Å². The summed E-state index contributed by atoms with van der Waals surface area (Å²) in [7, 11) is 0. The number of hydrogen-bond donors (Lipinski definition) is 2. The van der Waals surface area contributed by atoms with E-state index in [1.54, 1.807) is 6.07 Å². The molecule has 2 N–H and O–H groups in total. The molecule has 0 unspecified atom stereocenters. The van der Waals surface area contributed by atoms with Gasteiger partial charge in [0.1, 0.15) is 6.42 Å². The van der Waals surface area contributed by atoms with Crippen LogP contribution in [0.2, 0.25) is 0 Å². The fourth-order valence-electron chi connectivity index (χ4n) is 3.57. The number of rotatable bonds is 7. The number of amides is 2. The third kappa shape index (κ3) is 6.16. The summed E-state index contributed by atoms with van der Waals surface area (Å²) in [5.41, 5.74) is 4.50. The maximum atomic E-state index is 12.2. The lowest BCUT2D eigenvalue weighted by molar-refractivity contribution is -0.124. The average molecular weight is 419 g/mol. The Morgan fingerprint density at radius 2 is 1.74 bits per heavy atom. The highest BCUT2D eigenvalue weighted by Crippen LogP contribution is 2.24. The molecule has 0 heterocycles. The van der Waals surface area contributed by atoms with Crippen LogP contribution in [-0.4, -0.2) is 24.4 Å². The zero-order chi connectivity index (χ0) is 22.2. The maximum Gasteiger partial charge on any atom is 0.338 e. The topological polar surface area (TPSA) is 108 Å². The van der Waals surface area contributed by atoms with Gasteiger partial charge >= 0.3 is 5.97 Å². The number of esters is 1. The second kappa shape index (κ2) is 10.4. The van der Waals surface area contributed by atoms with Crippen LogP contribution in [0.15, 0.2) is 42.5 Å². The van der Waals surface area contributed by atoms with Crippen molar-refractivity contribution in [2.75, 3.05) is 11.9 Å². The molecule has 2 aromatic rings. The van der Waals surface area contributed by atoms with Crippen molar-refractivity contribution in [3.8, 4) is 6.07 Å². The van der Waals surface area contributed by atoms with Crippen LogP contribution in [0.4, 0.5) is 5.69 Å². The van der Waals surface area contributed by atoms with E-state index >= 15 is 0 Å². The number of benzene rings is 2. The average Bonchev–Trinajstić information content (AvgIpc) is 2.77. The van der Waals surface area contributed by atoms with E-state index in [1.165, 1.54) is 48.2 Å². The second-order valence-electron chi connectivity index (χ2n) is 7.56. The van der Waals surface area contributed by atoms with Gasteiger partial charge in [-0.3, -0.25) is 9.59 Å². The summed E-state index contributed by atoms with van der Waals surface area (Å²) in [5.74, 6) is -1.44. The van der Waals surface area contributed by atoms with Crippen molar-refractivity contribution in [2.24, 2.45) is 0 Å². The molecule has 2 amide bonds. The minimum atomic E-state index is -0.633. The van der Waals surface area contributed by atoms with E-state index in [-0.39, 0.29) is 30.5 Å². The van der Waals surface area contributed by atoms with Crippen LogP contribution in [0.3, 0.4) is 0 Å². The molecule has 0 bridgehead atoms. The number of nitriles is 1. The van der Waals surface area contributed by atoms with Gasteiger partial charge in [-0.2, -0.15) is 5.26 Å². The first-order valence-corrected chi connectivity index (χ1v) is 10.3. The summed E-state index contributed by atoms with van der Waals surface area (Å²) in [6.07, 6.45) is 4.35. The van der Waals surface area contributed by atoms with Crippen molar-refractivity contribution in [1.29, 1.82) is 5.26 Å². The zero-order valence-electron chi connectivity index (χ0n) is 17.4. The van der Waals surface area contributed by atoms with Gasteiger partial charge in [-0.05, 0) is 73.6 Å². The predicted octanol–water partition coefficient (Wildman–Crippen LogP) is 3.45. The lowest BCUT2D eigenvalue weighted by Gasteiger charge is -2.20. The van der Waals surface area contributed by atoms with Crippen LogP contribution < -0.4 is 10.6 Å². The monoisotopic (exact) mass is 419 g/mol. The second-order valence-corrected chi connectivity index (χ2v) is 7.56. The predicted molar refractivity (Wildman–Crippen MR) is 115 cm³/mol. The fourth-order valence-corrected chi connectivity index (χ4v) is 3.57. The van der Waals surface area contributed by atoms with Crippen LogP contribution in [0.5, 0.6) is 0 Å². The van der Waals surface area contributed by atoms with Crippen molar-refractivity contribution in [1.82, 2.24) is 5.32 Å².